The van der Waals surface area contributed by atoms with Gasteiger partial charge in [0.15, 0.2) is 3.95 Å². The molecular weight excluding hydrogens is 262 g/mol. The van der Waals surface area contributed by atoms with Crippen molar-refractivity contribution in [3.63, 3.8) is 0 Å². The van der Waals surface area contributed by atoms with Gasteiger partial charge in [-0.05, 0) is 42.8 Å². The average Bonchev–Trinajstić information content (AvgIpc) is 2.67. The second-order valence-electron chi connectivity index (χ2n) is 4.56. The summed E-state index contributed by atoms with van der Waals surface area (Å²) < 4.78 is 6.25. The van der Waals surface area contributed by atoms with E-state index < -0.39 is 0 Å². The van der Waals surface area contributed by atoms with E-state index in [0.29, 0.717) is 5.92 Å². The Hall–Kier alpha value is -1.13. The number of aryl methyl sites for hydroxylation is 1. The number of ether oxygens (including phenoxy) is 1. The number of thiazole rings is 1. The Morgan fingerprint density at radius 1 is 1.33 bits per heavy atom. The lowest BCUT2D eigenvalue weighted by atomic mass is 9.98. The second kappa shape index (κ2) is 5.24. The Labute approximate surface area is 117 Å². The first-order chi connectivity index (χ1) is 8.52. The molecule has 0 fully saturated rings. The normalized spacial score (nSPS) is 10.9. The van der Waals surface area contributed by atoms with Crippen LogP contribution in [-0.2, 0) is 0 Å². The lowest BCUT2D eigenvalue weighted by molar-refractivity contribution is 0.416. The van der Waals surface area contributed by atoms with Crippen LogP contribution in [0.25, 0.3) is 11.3 Å². The standard InChI is InChI=1S/C14H17NOS2/c1-8(2)10-5-6-12(16-4)11(7-10)13-9(3)18-14(17)15-13/h5-8H,1-4H3,(H,15,17). The van der Waals surface area contributed by atoms with Crippen LogP contribution in [0.4, 0.5) is 0 Å². The molecule has 1 aromatic heterocycles. The lowest BCUT2D eigenvalue weighted by Gasteiger charge is -2.12. The zero-order valence-corrected chi connectivity index (χ0v) is 12.7. The molecule has 0 aliphatic carbocycles. The van der Waals surface area contributed by atoms with Gasteiger partial charge in [0.1, 0.15) is 5.75 Å². The zero-order chi connectivity index (χ0) is 13.3. The molecule has 0 saturated heterocycles. The minimum absolute atomic E-state index is 0.497. The van der Waals surface area contributed by atoms with Crippen molar-refractivity contribution in [2.75, 3.05) is 7.11 Å². The molecule has 0 aliphatic heterocycles. The largest absolute Gasteiger partial charge is 0.496 e. The molecule has 1 heterocycles. The fraction of sp³-hybridized carbons (Fsp3) is 0.357. The molecule has 0 saturated carbocycles. The van der Waals surface area contributed by atoms with Crippen LogP contribution in [0.5, 0.6) is 5.75 Å². The molecule has 0 aliphatic rings. The smallest absolute Gasteiger partial charge is 0.159 e. The molecule has 2 nitrogen and oxygen atoms in total. The summed E-state index contributed by atoms with van der Waals surface area (Å²) in [7, 11) is 1.70. The maximum atomic E-state index is 5.45. The predicted octanol–water partition coefficient (Wildman–Crippen LogP) is 4.91. The van der Waals surface area contributed by atoms with Gasteiger partial charge in [0.25, 0.3) is 0 Å². The summed E-state index contributed by atoms with van der Waals surface area (Å²) in [6, 6.07) is 6.33. The van der Waals surface area contributed by atoms with Gasteiger partial charge in [-0.3, -0.25) is 0 Å². The van der Waals surface area contributed by atoms with Gasteiger partial charge >= 0.3 is 0 Å². The highest BCUT2D eigenvalue weighted by Gasteiger charge is 2.12. The monoisotopic (exact) mass is 279 g/mol. The Morgan fingerprint density at radius 2 is 2.06 bits per heavy atom. The van der Waals surface area contributed by atoms with Crippen molar-refractivity contribution in [1.29, 1.82) is 0 Å². The molecule has 2 aromatic rings. The highest BCUT2D eigenvalue weighted by atomic mass is 32.1. The number of aromatic amines is 1. The van der Waals surface area contributed by atoms with Gasteiger partial charge in [0, 0.05) is 10.4 Å². The van der Waals surface area contributed by atoms with E-state index in [9.17, 15) is 0 Å². The SMILES string of the molecule is COc1ccc(C(C)C)cc1-c1[nH]c(=S)sc1C. The van der Waals surface area contributed by atoms with Crippen molar-refractivity contribution >= 4 is 23.6 Å². The number of H-pyrrole nitrogens is 1. The Balaban J connectivity index is 2.64. The number of nitrogens with one attached hydrogen (secondary N) is 1. The van der Waals surface area contributed by atoms with Gasteiger partial charge in [0.05, 0.1) is 12.8 Å². The number of benzene rings is 1. The molecular formula is C14H17NOS2. The minimum Gasteiger partial charge on any atom is -0.496 e. The van der Waals surface area contributed by atoms with Gasteiger partial charge < -0.3 is 9.72 Å². The molecule has 0 radical (unpaired) electrons. The summed E-state index contributed by atoms with van der Waals surface area (Å²) in [5.41, 5.74) is 3.47. The topological polar surface area (TPSA) is 25.0 Å². The number of hydrogen-bond donors (Lipinski definition) is 1. The maximum Gasteiger partial charge on any atom is 0.159 e. The molecule has 1 aromatic carbocycles. The fourth-order valence-electron chi connectivity index (χ4n) is 1.94. The Kier molecular flexibility index (Phi) is 3.88. The molecule has 96 valence electrons. The molecule has 18 heavy (non-hydrogen) atoms. The third kappa shape index (κ3) is 2.49. The quantitative estimate of drug-likeness (QED) is 0.807. The Bertz CT molecular complexity index is 610. The average molecular weight is 279 g/mol. The van der Waals surface area contributed by atoms with Gasteiger partial charge in [-0.1, -0.05) is 19.9 Å². The lowest BCUT2D eigenvalue weighted by Crippen LogP contribution is -1.93. The minimum atomic E-state index is 0.497. The van der Waals surface area contributed by atoms with E-state index in [0.717, 1.165) is 21.0 Å². The maximum absolute atomic E-state index is 5.45. The molecule has 0 atom stereocenters. The summed E-state index contributed by atoms with van der Waals surface area (Å²) in [6.45, 7) is 6.45. The molecule has 1 N–H and O–H groups in total. The van der Waals surface area contributed by atoms with Gasteiger partial charge in [-0.15, -0.1) is 11.3 Å². The number of aromatic nitrogens is 1. The van der Waals surface area contributed by atoms with Crippen molar-refractivity contribution in [2.24, 2.45) is 0 Å². The van der Waals surface area contributed by atoms with E-state index in [1.54, 1.807) is 18.4 Å². The van der Waals surface area contributed by atoms with Crippen LogP contribution in [0, 0.1) is 10.9 Å². The summed E-state index contributed by atoms with van der Waals surface area (Å²) >= 11 is 6.81. The molecule has 2 rings (SSSR count). The van der Waals surface area contributed by atoms with Crippen molar-refractivity contribution in [1.82, 2.24) is 4.98 Å². The van der Waals surface area contributed by atoms with Crippen LogP contribution >= 0.6 is 23.6 Å². The first-order valence-corrected chi connectivity index (χ1v) is 7.13. The molecule has 0 bridgehead atoms. The Morgan fingerprint density at radius 3 is 2.56 bits per heavy atom. The number of methoxy groups -OCH3 is 1. The number of rotatable bonds is 3. The van der Waals surface area contributed by atoms with Gasteiger partial charge in [-0.25, -0.2) is 0 Å². The van der Waals surface area contributed by atoms with Crippen LogP contribution in [0.15, 0.2) is 18.2 Å². The van der Waals surface area contributed by atoms with Crippen molar-refractivity contribution in [2.45, 2.75) is 26.7 Å². The van der Waals surface area contributed by atoms with E-state index in [-0.39, 0.29) is 0 Å². The first kappa shape index (κ1) is 13.3. The van der Waals surface area contributed by atoms with E-state index in [2.05, 4.69) is 37.9 Å². The van der Waals surface area contributed by atoms with Gasteiger partial charge in [-0.2, -0.15) is 0 Å². The van der Waals surface area contributed by atoms with E-state index in [1.807, 2.05) is 6.07 Å². The van der Waals surface area contributed by atoms with Crippen LogP contribution in [-0.4, -0.2) is 12.1 Å². The van der Waals surface area contributed by atoms with Gasteiger partial charge in [0.2, 0.25) is 0 Å². The highest BCUT2D eigenvalue weighted by Crippen LogP contribution is 2.35. The van der Waals surface area contributed by atoms with Crippen LogP contribution in [0.1, 0.15) is 30.2 Å². The third-order valence-electron chi connectivity index (χ3n) is 2.98. The van der Waals surface area contributed by atoms with Crippen LogP contribution < -0.4 is 4.74 Å². The van der Waals surface area contributed by atoms with E-state index in [1.165, 1.54) is 10.4 Å². The summed E-state index contributed by atoms with van der Waals surface area (Å²) in [4.78, 5) is 4.45. The van der Waals surface area contributed by atoms with Crippen molar-refractivity contribution in [3.05, 3.63) is 32.6 Å². The van der Waals surface area contributed by atoms with E-state index >= 15 is 0 Å². The molecule has 0 amide bonds. The highest BCUT2D eigenvalue weighted by molar-refractivity contribution is 7.73. The number of hydrogen-bond acceptors (Lipinski definition) is 3. The predicted molar refractivity (Wildman–Crippen MR) is 80.3 cm³/mol. The third-order valence-corrected chi connectivity index (χ3v) is 4.13. The summed E-state index contributed by atoms with van der Waals surface area (Å²) in [5.74, 6) is 1.38. The van der Waals surface area contributed by atoms with Crippen LogP contribution in [0.3, 0.4) is 0 Å². The van der Waals surface area contributed by atoms with Crippen LogP contribution in [0.2, 0.25) is 0 Å². The van der Waals surface area contributed by atoms with Crippen molar-refractivity contribution in [3.8, 4) is 17.0 Å². The van der Waals surface area contributed by atoms with Crippen molar-refractivity contribution < 1.29 is 4.74 Å². The summed E-state index contributed by atoms with van der Waals surface area (Å²) in [5, 5.41) is 0. The molecule has 0 unspecified atom stereocenters. The first-order valence-electron chi connectivity index (χ1n) is 5.91. The molecule has 0 spiro atoms. The summed E-state index contributed by atoms with van der Waals surface area (Å²) in [6.07, 6.45) is 0. The zero-order valence-electron chi connectivity index (χ0n) is 11.0. The fourth-order valence-corrected chi connectivity index (χ4v) is 3.11. The second-order valence-corrected chi connectivity index (χ2v) is 6.45. The van der Waals surface area contributed by atoms with E-state index in [4.69, 9.17) is 17.0 Å². The molecule has 4 heteroatoms.